The Kier molecular flexibility index (Phi) is 5.65. The van der Waals surface area contributed by atoms with Gasteiger partial charge in [-0.25, -0.2) is 0 Å². The molecule has 1 aliphatic heterocycles. The molecule has 4 heteroatoms. The molecule has 0 aromatic rings. The number of hydrogen-bond acceptors (Lipinski definition) is 2. The van der Waals surface area contributed by atoms with E-state index in [1.165, 1.54) is 25.7 Å². The molecule has 2 unspecified atom stereocenters. The second-order valence-corrected chi connectivity index (χ2v) is 6.89. The summed E-state index contributed by atoms with van der Waals surface area (Å²) in [5, 5.41) is 2.91. The average molecular weight is 294 g/mol. The summed E-state index contributed by atoms with van der Waals surface area (Å²) in [4.78, 5) is 26.8. The second-order valence-electron chi connectivity index (χ2n) is 6.89. The Balaban J connectivity index is 2.04. The molecule has 2 aliphatic rings. The minimum absolute atomic E-state index is 0.0414. The van der Waals surface area contributed by atoms with Crippen LogP contribution in [0.5, 0.6) is 0 Å². The summed E-state index contributed by atoms with van der Waals surface area (Å²) in [6.07, 6.45) is 7.28. The zero-order valence-corrected chi connectivity index (χ0v) is 13.7. The quantitative estimate of drug-likeness (QED) is 0.847. The maximum absolute atomic E-state index is 12.7. The first-order valence-electron chi connectivity index (χ1n) is 8.67. The summed E-state index contributed by atoms with van der Waals surface area (Å²) >= 11 is 0. The molecule has 1 heterocycles. The third kappa shape index (κ3) is 3.78. The first-order valence-corrected chi connectivity index (χ1v) is 8.67. The molecule has 120 valence electrons. The SMILES string of the molecule is CCCC1NC(=O)C(CC)N(CC2CCC(C)CC2)C1=O. The van der Waals surface area contributed by atoms with Crippen molar-refractivity contribution in [1.29, 1.82) is 0 Å². The molecule has 2 fully saturated rings. The molecule has 1 N–H and O–H groups in total. The minimum atomic E-state index is -0.298. The van der Waals surface area contributed by atoms with Gasteiger partial charge in [0.05, 0.1) is 0 Å². The van der Waals surface area contributed by atoms with Crippen molar-refractivity contribution >= 4 is 11.8 Å². The zero-order valence-electron chi connectivity index (χ0n) is 13.7. The highest BCUT2D eigenvalue weighted by Gasteiger charge is 2.40. The molecule has 2 atom stereocenters. The van der Waals surface area contributed by atoms with E-state index < -0.39 is 0 Å². The van der Waals surface area contributed by atoms with Crippen LogP contribution in [0.3, 0.4) is 0 Å². The topological polar surface area (TPSA) is 49.4 Å². The lowest BCUT2D eigenvalue weighted by molar-refractivity contribution is -0.150. The molecule has 0 spiro atoms. The smallest absolute Gasteiger partial charge is 0.245 e. The predicted molar refractivity (Wildman–Crippen MR) is 83.8 cm³/mol. The van der Waals surface area contributed by atoms with E-state index >= 15 is 0 Å². The van der Waals surface area contributed by atoms with Crippen molar-refractivity contribution in [2.24, 2.45) is 11.8 Å². The van der Waals surface area contributed by atoms with Gasteiger partial charge < -0.3 is 10.2 Å². The van der Waals surface area contributed by atoms with Gasteiger partial charge in [0.15, 0.2) is 0 Å². The van der Waals surface area contributed by atoms with E-state index in [4.69, 9.17) is 0 Å². The van der Waals surface area contributed by atoms with Crippen molar-refractivity contribution in [3.8, 4) is 0 Å². The van der Waals surface area contributed by atoms with Gasteiger partial charge in [-0.2, -0.15) is 0 Å². The van der Waals surface area contributed by atoms with E-state index in [9.17, 15) is 9.59 Å². The summed E-state index contributed by atoms with van der Waals surface area (Å²) in [6, 6.07) is -0.558. The van der Waals surface area contributed by atoms with Crippen LogP contribution in [0.25, 0.3) is 0 Å². The van der Waals surface area contributed by atoms with Gasteiger partial charge in [0.2, 0.25) is 11.8 Å². The van der Waals surface area contributed by atoms with Crippen LogP contribution < -0.4 is 5.32 Å². The van der Waals surface area contributed by atoms with Gasteiger partial charge in [-0.1, -0.05) is 40.0 Å². The summed E-state index contributed by atoms with van der Waals surface area (Å²) in [5.74, 6) is 1.57. The fraction of sp³-hybridized carbons (Fsp3) is 0.882. The number of nitrogens with zero attached hydrogens (tertiary/aromatic N) is 1. The van der Waals surface area contributed by atoms with E-state index in [1.807, 2.05) is 11.8 Å². The molecule has 2 rings (SSSR count). The fourth-order valence-corrected chi connectivity index (χ4v) is 3.72. The van der Waals surface area contributed by atoms with Gasteiger partial charge in [-0.3, -0.25) is 9.59 Å². The molecule has 0 aromatic carbocycles. The number of piperazine rings is 1. The summed E-state index contributed by atoms with van der Waals surface area (Å²) in [7, 11) is 0. The van der Waals surface area contributed by atoms with E-state index in [2.05, 4.69) is 19.2 Å². The van der Waals surface area contributed by atoms with Crippen molar-refractivity contribution in [3.63, 3.8) is 0 Å². The molecule has 0 aromatic heterocycles. The maximum Gasteiger partial charge on any atom is 0.245 e. The molecular formula is C17H30N2O2. The molecule has 0 radical (unpaired) electrons. The Labute approximate surface area is 128 Å². The third-order valence-electron chi connectivity index (χ3n) is 5.13. The predicted octanol–water partition coefficient (Wildman–Crippen LogP) is 2.72. The van der Waals surface area contributed by atoms with Gasteiger partial charge in [0.1, 0.15) is 12.1 Å². The number of carbonyl (C=O) groups excluding carboxylic acids is 2. The number of nitrogens with one attached hydrogen (secondary N) is 1. The lowest BCUT2D eigenvalue weighted by Gasteiger charge is -2.41. The number of carbonyl (C=O) groups is 2. The van der Waals surface area contributed by atoms with Gasteiger partial charge in [0.25, 0.3) is 0 Å². The van der Waals surface area contributed by atoms with Crippen molar-refractivity contribution < 1.29 is 9.59 Å². The summed E-state index contributed by atoms with van der Waals surface area (Å²) in [6.45, 7) is 7.13. The molecule has 0 bridgehead atoms. The lowest BCUT2D eigenvalue weighted by Crippen LogP contribution is -2.63. The van der Waals surface area contributed by atoms with Gasteiger partial charge in [-0.05, 0) is 37.5 Å². The maximum atomic E-state index is 12.7. The Bertz CT molecular complexity index is 375. The van der Waals surface area contributed by atoms with Crippen molar-refractivity contribution in [2.45, 2.75) is 77.8 Å². The van der Waals surface area contributed by atoms with Crippen molar-refractivity contribution in [1.82, 2.24) is 10.2 Å². The highest BCUT2D eigenvalue weighted by molar-refractivity contribution is 5.96. The van der Waals surface area contributed by atoms with Gasteiger partial charge in [0, 0.05) is 6.54 Å². The van der Waals surface area contributed by atoms with Crippen LogP contribution in [0.15, 0.2) is 0 Å². The largest absolute Gasteiger partial charge is 0.343 e. The summed E-state index contributed by atoms with van der Waals surface area (Å²) < 4.78 is 0. The van der Waals surface area contributed by atoms with E-state index in [-0.39, 0.29) is 23.9 Å². The van der Waals surface area contributed by atoms with E-state index in [0.717, 1.165) is 25.3 Å². The van der Waals surface area contributed by atoms with Crippen LogP contribution in [-0.4, -0.2) is 35.3 Å². The zero-order chi connectivity index (χ0) is 15.4. The van der Waals surface area contributed by atoms with Crippen LogP contribution in [0.4, 0.5) is 0 Å². The first-order chi connectivity index (χ1) is 10.1. The van der Waals surface area contributed by atoms with Crippen LogP contribution in [0, 0.1) is 11.8 Å². The first kappa shape index (κ1) is 16.3. The Morgan fingerprint density at radius 1 is 1.14 bits per heavy atom. The molecule has 4 nitrogen and oxygen atoms in total. The van der Waals surface area contributed by atoms with Crippen LogP contribution in [0.1, 0.15) is 65.7 Å². The monoisotopic (exact) mass is 294 g/mol. The Morgan fingerprint density at radius 2 is 1.81 bits per heavy atom. The lowest BCUT2D eigenvalue weighted by atomic mass is 9.82. The molecule has 1 saturated heterocycles. The highest BCUT2D eigenvalue weighted by atomic mass is 16.2. The van der Waals surface area contributed by atoms with Crippen LogP contribution >= 0.6 is 0 Å². The van der Waals surface area contributed by atoms with Crippen molar-refractivity contribution in [2.75, 3.05) is 6.54 Å². The van der Waals surface area contributed by atoms with Gasteiger partial charge >= 0.3 is 0 Å². The Hall–Kier alpha value is -1.06. The number of rotatable bonds is 5. The fourth-order valence-electron chi connectivity index (χ4n) is 3.72. The normalized spacial score (nSPS) is 34.0. The highest BCUT2D eigenvalue weighted by Crippen LogP contribution is 2.30. The number of hydrogen-bond donors (Lipinski definition) is 1. The molecule has 1 saturated carbocycles. The molecule has 1 aliphatic carbocycles. The van der Waals surface area contributed by atoms with E-state index in [0.29, 0.717) is 12.3 Å². The Morgan fingerprint density at radius 3 is 2.38 bits per heavy atom. The molecule has 2 amide bonds. The van der Waals surface area contributed by atoms with Crippen LogP contribution in [0.2, 0.25) is 0 Å². The number of amides is 2. The third-order valence-corrected chi connectivity index (χ3v) is 5.13. The molecule has 21 heavy (non-hydrogen) atoms. The minimum Gasteiger partial charge on any atom is -0.343 e. The second kappa shape index (κ2) is 7.28. The van der Waals surface area contributed by atoms with Crippen LogP contribution in [-0.2, 0) is 9.59 Å². The summed E-state index contributed by atoms with van der Waals surface area (Å²) in [5.41, 5.74) is 0. The molecular weight excluding hydrogens is 264 g/mol. The average Bonchev–Trinajstić information content (AvgIpc) is 2.47. The van der Waals surface area contributed by atoms with E-state index in [1.54, 1.807) is 0 Å². The standard InChI is InChI=1S/C17H30N2O2/c1-4-6-14-17(21)19(15(5-2)16(20)18-14)11-13-9-7-12(3)8-10-13/h12-15H,4-11H2,1-3H3,(H,18,20). The van der Waals surface area contributed by atoms with Gasteiger partial charge in [-0.15, -0.1) is 0 Å². The van der Waals surface area contributed by atoms with Crippen molar-refractivity contribution in [3.05, 3.63) is 0 Å².